The average Bonchev–Trinajstić information content (AvgIpc) is 2.89. The van der Waals surface area contributed by atoms with Gasteiger partial charge in [0.15, 0.2) is 0 Å². The predicted molar refractivity (Wildman–Crippen MR) is 73.6 cm³/mol. The molecule has 0 heterocycles. The molecule has 2 atom stereocenters. The Bertz CT molecular complexity index is 501. The molecule has 0 radical (unpaired) electrons. The molecule has 2 rings (SSSR count). The smallest absolute Gasteiger partial charge is 0.339 e. The number of rotatable bonds is 3. The predicted octanol–water partition coefficient (Wildman–Crippen LogP) is 4.85. The monoisotopic (exact) mass is 306 g/mol. The molecule has 0 spiro atoms. The first-order valence-corrected chi connectivity index (χ1v) is 6.78. The van der Waals surface area contributed by atoms with Gasteiger partial charge in [0, 0.05) is 10.4 Å². The third-order valence-corrected chi connectivity index (χ3v) is 4.57. The molecule has 0 aliphatic heterocycles. The number of carbonyl (C=O) groups is 1. The minimum absolute atomic E-state index is 0.102. The molecular weight excluding hydrogens is 294 g/mol. The maximum atomic E-state index is 11.9. The molecule has 2 unspecified atom stereocenters. The van der Waals surface area contributed by atoms with E-state index in [1.165, 1.54) is 12.1 Å². The summed E-state index contributed by atoms with van der Waals surface area (Å²) in [6.45, 7) is 4.63. The van der Waals surface area contributed by atoms with Crippen LogP contribution in [-0.4, -0.2) is 12.6 Å². The van der Waals surface area contributed by atoms with E-state index in [1.807, 2.05) is 0 Å². The Morgan fingerprint density at radius 1 is 1.44 bits per heavy atom. The Morgan fingerprint density at radius 2 is 2.06 bits per heavy atom. The van der Waals surface area contributed by atoms with Gasteiger partial charge in [-0.15, -0.1) is 0 Å². The van der Waals surface area contributed by atoms with Crippen molar-refractivity contribution in [1.29, 1.82) is 0 Å². The lowest BCUT2D eigenvalue weighted by Gasteiger charge is -2.12. The van der Waals surface area contributed by atoms with Gasteiger partial charge in [-0.25, -0.2) is 4.79 Å². The Labute approximate surface area is 121 Å². The van der Waals surface area contributed by atoms with Crippen LogP contribution >= 0.6 is 34.8 Å². The van der Waals surface area contributed by atoms with Crippen molar-refractivity contribution < 1.29 is 9.53 Å². The highest BCUT2D eigenvalue weighted by Crippen LogP contribution is 2.51. The lowest BCUT2D eigenvalue weighted by Crippen LogP contribution is -2.14. The van der Waals surface area contributed by atoms with Crippen molar-refractivity contribution in [3.8, 4) is 0 Å². The molecular formula is C13H13Cl3O2. The molecule has 0 amide bonds. The number of ether oxygens (including phenoxy) is 1. The first-order chi connectivity index (χ1) is 8.33. The van der Waals surface area contributed by atoms with Gasteiger partial charge in [-0.05, 0) is 24.5 Å². The Morgan fingerprint density at radius 3 is 2.61 bits per heavy atom. The molecule has 1 aromatic rings. The van der Waals surface area contributed by atoms with Crippen molar-refractivity contribution in [3.63, 3.8) is 0 Å². The van der Waals surface area contributed by atoms with Crippen LogP contribution < -0.4 is 0 Å². The summed E-state index contributed by atoms with van der Waals surface area (Å²) in [5, 5.41) is 0.796. The second kappa shape index (κ2) is 4.92. The van der Waals surface area contributed by atoms with Crippen LogP contribution in [0.4, 0.5) is 0 Å². The quantitative estimate of drug-likeness (QED) is 0.589. The number of hydrogen-bond acceptors (Lipinski definition) is 2. The second-order valence-corrected chi connectivity index (χ2v) is 6.31. The summed E-state index contributed by atoms with van der Waals surface area (Å²) in [4.78, 5) is 11.9. The van der Waals surface area contributed by atoms with Crippen LogP contribution in [0.25, 0.3) is 0 Å². The number of esters is 1. The summed E-state index contributed by atoms with van der Waals surface area (Å²) in [7, 11) is 0. The van der Waals surface area contributed by atoms with Crippen molar-refractivity contribution >= 4 is 40.8 Å². The summed E-state index contributed by atoms with van der Waals surface area (Å²) in [5.41, 5.74) is 0.316. The number of carbonyl (C=O) groups excluding carboxylic acids is 1. The van der Waals surface area contributed by atoms with Gasteiger partial charge in [-0.1, -0.05) is 48.7 Å². The standard InChI is InChI=1S/C13H13Cl3O2/c1-7-5-13(7,2)6-18-12(17)9-3-8(14)4-10(15)11(9)16/h3-4,7H,5-6H2,1-2H3. The van der Waals surface area contributed by atoms with Gasteiger partial charge < -0.3 is 4.74 Å². The molecule has 1 aliphatic rings. The van der Waals surface area contributed by atoms with Crippen LogP contribution in [0.3, 0.4) is 0 Å². The zero-order valence-electron chi connectivity index (χ0n) is 10.1. The van der Waals surface area contributed by atoms with Crippen molar-refractivity contribution in [1.82, 2.24) is 0 Å². The van der Waals surface area contributed by atoms with E-state index in [4.69, 9.17) is 39.5 Å². The lowest BCUT2D eigenvalue weighted by molar-refractivity contribution is 0.0419. The van der Waals surface area contributed by atoms with Gasteiger partial charge in [0.05, 0.1) is 22.2 Å². The Hall–Kier alpha value is -0.440. The van der Waals surface area contributed by atoms with Crippen molar-refractivity contribution in [2.75, 3.05) is 6.61 Å². The Balaban J connectivity index is 2.09. The van der Waals surface area contributed by atoms with E-state index in [2.05, 4.69) is 13.8 Å². The number of halogens is 3. The molecule has 1 aromatic carbocycles. The van der Waals surface area contributed by atoms with E-state index < -0.39 is 5.97 Å². The van der Waals surface area contributed by atoms with Crippen molar-refractivity contribution in [2.24, 2.45) is 11.3 Å². The minimum Gasteiger partial charge on any atom is -0.461 e. The van der Waals surface area contributed by atoms with E-state index in [-0.39, 0.29) is 21.0 Å². The van der Waals surface area contributed by atoms with E-state index in [0.29, 0.717) is 17.5 Å². The number of benzene rings is 1. The zero-order chi connectivity index (χ0) is 13.5. The number of hydrogen-bond donors (Lipinski definition) is 0. The fraction of sp³-hybridized carbons (Fsp3) is 0.462. The van der Waals surface area contributed by atoms with Crippen LogP contribution in [-0.2, 0) is 4.74 Å². The largest absolute Gasteiger partial charge is 0.461 e. The second-order valence-electron chi connectivity index (χ2n) is 5.08. The SMILES string of the molecule is CC1CC1(C)COC(=O)c1cc(Cl)cc(Cl)c1Cl. The van der Waals surface area contributed by atoms with Crippen LogP contribution in [0.5, 0.6) is 0 Å². The highest BCUT2D eigenvalue weighted by Gasteiger charge is 2.47. The van der Waals surface area contributed by atoms with Crippen molar-refractivity contribution in [2.45, 2.75) is 20.3 Å². The van der Waals surface area contributed by atoms with E-state index in [9.17, 15) is 4.79 Å². The molecule has 0 N–H and O–H groups in total. The highest BCUT2D eigenvalue weighted by molar-refractivity contribution is 6.45. The van der Waals surface area contributed by atoms with E-state index in [1.54, 1.807) is 0 Å². The summed E-state index contributed by atoms with van der Waals surface area (Å²) in [6.07, 6.45) is 1.07. The summed E-state index contributed by atoms with van der Waals surface area (Å²) in [5.74, 6) is 0.105. The molecule has 1 fully saturated rings. The molecule has 2 nitrogen and oxygen atoms in total. The molecule has 1 aliphatic carbocycles. The van der Waals surface area contributed by atoms with Crippen LogP contribution in [0.2, 0.25) is 15.1 Å². The average molecular weight is 308 g/mol. The van der Waals surface area contributed by atoms with Crippen LogP contribution in [0.1, 0.15) is 30.6 Å². The summed E-state index contributed by atoms with van der Waals surface area (Å²) in [6, 6.07) is 2.96. The third-order valence-electron chi connectivity index (χ3n) is 3.55. The minimum atomic E-state index is -0.482. The molecule has 98 valence electrons. The van der Waals surface area contributed by atoms with Gasteiger partial charge in [0.25, 0.3) is 0 Å². The lowest BCUT2D eigenvalue weighted by atomic mass is 10.1. The summed E-state index contributed by atoms with van der Waals surface area (Å²) >= 11 is 17.7. The fourth-order valence-corrected chi connectivity index (χ4v) is 2.53. The van der Waals surface area contributed by atoms with Gasteiger partial charge in [0.2, 0.25) is 0 Å². The fourth-order valence-electron chi connectivity index (χ4n) is 1.85. The first-order valence-electron chi connectivity index (χ1n) is 5.65. The maximum Gasteiger partial charge on any atom is 0.339 e. The van der Waals surface area contributed by atoms with Crippen molar-refractivity contribution in [3.05, 3.63) is 32.8 Å². The van der Waals surface area contributed by atoms with Crippen LogP contribution in [0.15, 0.2) is 12.1 Å². The third kappa shape index (κ3) is 2.76. The van der Waals surface area contributed by atoms with E-state index in [0.717, 1.165) is 6.42 Å². The zero-order valence-corrected chi connectivity index (χ0v) is 12.4. The molecule has 5 heteroatoms. The topological polar surface area (TPSA) is 26.3 Å². The van der Waals surface area contributed by atoms with Gasteiger partial charge in [-0.3, -0.25) is 0 Å². The summed E-state index contributed by atoms with van der Waals surface area (Å²) < 4.78 is 5.28. The molecule has 1 saturated carbocycles. The molecule has 0 aromatic heterocycles. The van der Waals surface area contributed by atoms with Gasteiger partial charge in [-0.2, -0.15) is 0 Å². The van der Waals surface area contributed by atoms with Crippen LogP contribution in [0, 0.1) is 11.3 Å². The van der Waals surface area contributed by atoms with Gasteiger partial charge >= 0.3 is 5.97 Å². The normalized spacial score (nSPS) is 25.9. The molecule has 0 saturated heterocycles. The Kier molecular flexibility index (Phi) is 3.82. The van der Waals surface area contributed by atoms with Gasteiger partial charge in [0.1, 0.15) is 0 Å². The molecule has 18 heavy (non-hydrogen) atoms. The highest BCUT2D eigenvalue weighted by atomic mass is 35.5. The molecule has 0 bridgehead atoms. The first kappa shape index (κ1) is 14.0. The maximum absolute atomic E-state index is 11.9. The van der Waals surface area contributed by atoms with E-state index >= 15 is 0 Å².